The van der Waals surface area contributed by atoms with Crippen LogP contribution in [0.2, 0.25) is 0 Å². The van der Waals surface area contributed by atoms with E-state index in [-0.39, 0.29) is 6.04 Å². The molecule has 0 spiro atoms. The Morgan fingerprint density at radius 2 is 2.00 bits per heavy atom. The zero-order chi connectivity index (χ0) is 17.9. The summed E-state index contributed by atoms with van der Waals surface area (Å²) in [6.07, 6.45) is 4.07. The van der Waals surface area contributed by atoms with Gasteiger partial charge in [0.25, 0.3) is 0 Å². The third-order valence-corrected chi connectivity index (χ3v) is 4.92. The van der Waals surface area contributed by atoms with Gasteiger partial charge in [-0.15, -0.1) is 0 Å². The van der Waals surface area contributed by atoms with Gasteiger partial charge in [0.05, 0.1) is 11.7 Å². The topological polar surface area (TPSA) is 55.1 Å². The van der Waals surface area contributed by atoms with E-state index in [9.17, 15) is 0 Å². The van der Waals surface area contributed by atoms with Gasteiger partial charge in [0.2, 0.25) is 5.89 Å². The van der Waals surface area contributed by atoms with Gasteiger partial charge in [-0.05, 0) is 37.1 Å². The summed E-state index contributed by atoms with van der Waals surface area (Å²) in [6.45, 7) is 6.13. The van der Waals surface area contributed by atoms with Gasteiger partial charge in [-0.1, -0.05) is 49.3 Å². The van der Waals surface area contributed by atoms with Crippen molar-refractivity contribution in [2.24, 2.45) is 0 Å². The summed E-state index contributed by atoms with van der Waals surface area (Å²) >= 11 is 0. The van der Waals surface area contributed by atoms with Crippen molar-refractivity contribution >= 4 is 0 Å². The fourth-order valence-corrected chi connectivity index (χ4v) is 3.46. The molecule has 1 atom stereocenters. The summed E-state index contributed by atoms with van der Waals surface area (Å²) in [5, 5.41) is 4.13. The molecule has 1 aromatic carbocycles. The van der Waals surface area contributed by atoms with Crippen LogP contribution in [0.3, 0.4) is 0 Å². The van der Waals surface area contributed by atoms with E-state index in [2.05, 4.69) is 58.1 Å². The van der Waals surface area contributed by atoms with Crippen molar-refractivity contribution in [2.75, 3.05) is 6.54 Å². The van der Waals surface area contributed by atoms with Gasteiger partial charge in [0.15, 0.2) is 5.82 Å². The number of rotatable bonds is 5. The highest BCUT2D eigenvalue weighted by Gasteiger charge is 2.30. The summed E-state index contributed by atoms with van der Waals surface area (Å²) in [4.78, 5) is 11.5. The maximum Gasteiger partial charge on any atom is 0.244 e. The van der Waals surface area contributed by atoms with E-state index in [1.807, 2.05) is 24.4 Å². The van der Waals surface area contributed by atoms with E-state index in [0.717, 1.165) is 48.9 Å². The van der Waals surface area contributed by atoms with Crippen LogP contribution in [0.1, 0.15) is 55.9 Å². The van der Waals surface area contributed by atoms with E-state index in [4.69, 9.17) is 4.52 Å². The molecule has 26 heavy (non-hydrogen) atoms. The van der Waals surface area contributed by atoms with Crippen molar-refractivity contribution < 1.29 is 4.52 Å². The Bertz CT molecular complexity index is 842. The second-order valence-electron chi connectivity index (χ2n) is 7.19. The average Bonchev–Trinajstić information content (AvgIpc) is 3.32. The molecule has 1 unspecified atom stereocenters. The Morgan fingerprint density at radius 3 is 2.69 bits per heavy atom. The lowest BCUT2D eigenvalue weighted by Gasteiger charge is -2.21. The molecule has 1 fully saturated rings. The largest absolute Gasteiger partial charge is 0.338 e. The second kappa shape index (κ2) is 7.38. The van der Waals surface area contributed by atoms with Gasteiger partial charge in [-0.3, -0.25) is 9.88 Å². The molecule has 0 radical (unpaired) electrons. The quantitative estimate of drug-likeness (QED) is 0.675. The normalized spacial score (nSPS) is 17.9. The Morgan fingerprint density at radius 1 is 1.15 bits per heavy atom. The van der Waals surface area contributed by atoms with Gasteiger partial charge >= 0.3 is 0 Å². The monoisotopic (exact) mass is 348 g/mol. The highest BCUT2D eigenvalue weighted by molar-refractivity contribution is 5.58. The summed E-state index contributed by atoms with van der Waals surface area (Å²) in [5.41, 5.74) is 3.44. The Balaban J connectivity index is 1.47. The molecule has 3 aromatic rings. The van der Waals surface area contributed by atoms with Crippen molar-refractivity contribution in [3.05, 3.63) is 65.9 Å². The smallest absolute Gasteiger partial charge is 0.244 e. The molecule has 1 saturated heterocycles. The molecular formula is C21H24N4O. The summed E-state index contributed by atoms with van der Waals surface area (Å²) in [6, 6.07) is 14.9. The molecule has 0 bridgehead atoms. The van der Waals surface area contributed by atoms with E-state index in [1.54, 1.807) is 0 Å². The van der Waals surface area contributed by atoms with Crippen molar-refractivity contribution in [3.8, 4) is 11.3 Å². The highest BCUT2D eigenvalue weighted by Crippen LogP contribution is 2.33. The van der Waals surface area contributed by atoms with Crippen molar-refractivity contribution in [1.82, 2.24) is 20.0 Å². The van der Waals surface area contributed by atoms with E-state index >= 15 is 0 Å². The summed E-state index contributed by atoms with van der Waals surface area (Å²) in [7, 11) is 0. The Hall–Kier alpha value is -2.53. The fraction of sp³-hybridized carbons (Fsp3) is 0.381. The average molecular weight is 348 g/mol. The maximum atomic E-state index is 5.54. The first-order valence-electron chi connectivity index (χ1n) is 9.28. The van der Waals surface area contributed by atoms with Crippen molar-refractivity contribution in [2.45, 2.75) is 45.2 Å². The predicted molar refractivity (Wildman–Crippen MR) is 100 cm³/mol. The van der Waals surface area contributed by atoms with Gasteiger partial charge < -0.3 is 4.52 Å². The van der Waals surface area contributed by atoms with E-state index in [1.165, 1.54) is 5.56 Å². The van der Waals surface area contributed by atoms with Crippen LogP contribution in [0.15, 0.2) is 53.2 Å². The lowest BCUT2D eigenvalue weighted by Crippen LogP contribution is -2.23. The lowest BCUT2D eigenvalue weighted by atomic mass is 10.1. The number of benzene rings is 1. The molecule has 3 heterocycles. The van der Waals surface area contributed by atoms with Crippen LogP contribution in [0.25, 0.3) is 11.3 Å². The van der Waals surface area contributed by atoms with Crippen molar-refractivity contribution in [3.63, 3.8) is 0 Å². The number of hydrogen-bond acceptors (Lipinski definition) is 5. The molecule has 1 aliphatic rings. The van der Waals surface area contributed by atoms with Crippen LogP contribution in [0, 0.1) is 0 Å². The third-order valence-electron chi connectivity index (χ3n) is 4.92. The van der Waals surface area contributed by atoms with Crippen LogP contribution >= 0.6 is 0 Å². The van der Waals surface area contributed by atoms with Crippen LogP contribution in [0.4, 0.5) is 0 Å². The fourth-order valence-electron chi connectivity index (χ4n) is 3.46. The Labute approximate surface area is 154 Å². The van der Waals surface area contributed by atoms with Crippen LogP contribution < -0.4 is 0 Å². The minimum absolute atomic E-state index is 0.227. The molecule has 0 amide bonds. The summed E-state index contributed by atoms with van der Waals surface area (Å²) < 4.78 is 5.54. The zero-order valence-electron chi connectivity index (χ0n) is 15.3. The van der Waals surface area contributed by atoms with Gasteiger partial charge in [0, 0.05) is 24.2 Å². The number of aromatic nitrogens is 3. The van der Waals surface area contributed by atoms with Gasteiger partial charge in [0.1, 0.15) is 0 Å². The summed E-state index contributed by atoms with van der Waals surface area (Å²) in [5.74, 6) is 1.85. The molecule has 1 aliphatic heterocycles. The van der Waals surface area contributed by atoms with Crippen molar-refractivity contribution in [1.29, 1.82) is 0 Å². The van der Waals surface area contributed by atoms with Gasteiger partial charge in [-0.2, -0.15) is 4.98 Å². The van der Waals surface area contributed by atoms with Crippen LogP contribution in [-0.2, 0) is 6.54 Å². The van der Waals surface area contributed by atoms with Crippen LogP contribution in [-0.4, -0.2) is 26.6 Å². The molecular weight excluding hydrogens is 324 g/mol. The SMILES string of the molecule is CC(C)c1noc(C2CCCN2Cc2ccc(-c3ccccn3)cc2)n1. The lowest BCUT2D eigenvalue weighted by molar-refractivity contribution is 0.201. The number of nitrogens with zero attached hydrogens (tertiary/aromatic N) is 4. The molecule has 5 nitrogen and oxygen atoms in total. The minimum atomic E-state index is 0.227. The first kappa shape index (κ1) is 16.9. The molecule has 4 rings (SSSR count). The van der Waals surface area contributed by atoms with E-state index in [0.29, 0.717) is 5.92 Å². The first-order chi connectivity index (χ1) is 12.7. The standard InChI is InChI=1S/C21H24N4O/c1-15(2)20-23-21(26-24-20)19-7-5-13-25(19)14-16-8-10-17(11-9-16)18-6-3-4-12-22-18/h3-4,6,8-12,15,19H,5,7,13-14H2,1-2H3. The predicted octanol–water partition coefficient (Wildman–Crippen LogP) is 4.59. The third kappa shape index (κ3) is 3.53. The van der Waals surface area contributed by atoms with E-state index < -0.39 is 0 Å². The molecule has 5 heteroatoms. The van der Waals surface area contributed by atoms with Crippen LogP contribution in [0.5, 0.6) is 0 Å². The first-order valence-corrected chi connectivity index (χ1v) is 9.28. The highest BCUT2D eigenvalue weighted by atomic mass is 16.5. The second-order valence-corrected chi connectivity index (χ2v) is 7.19. The number of hydrogen-bond donors (Lipinski definition) is 0. The molecule has 2 aromatic heterocycles. The van der Waals surface area contributed by atoms with Gasteiger partial charge in [-0.25, -0.2) is 0 Å². The zero-order valence-corrected chi connectivity index (χ0v) is 15.3. The Kier molecular flexibility index (Phi) is 4.80. The molecule has 0 saturated carbocycles. The molecule has 0 N–H and O–H groups in total. The minimum Gasteiger partial charge on any atom is -0.338 e. The number of pyridine rings is 1. The maximum absolute atomic E-state index is 5.54. The molecule has 134 valence electrons. The number of likely N-dealkylation sites (tertiary alicyclic amines) is 1. The molecule has 0 aliphatic carbocycles.